The zero-order valence-electron chi connectivity index (χ0n) is 14.8. The molecule has 1 fully saturated rings. The Kier molecular flexibility index (Phi) is 4.75. The van der Waals surface area contributed by atoms with Gasteiger partial charge in [-0.3, -0.25) is 4.79 Å². The van der Waals surface area contributed by atoms with Crippen LogP contribution in [-0.4, -0.2) is 5.97 Å². The van der Waals surface area contributed by atoms with E-state index < -0.39 is 0 Å². The second-order valence-electron chi connectivity index (χ2n) is 7.56. The molecule has 2 aromatic carbocycles. The summed E-state index contributed by atoms with van der Waals surface area (Å²) in [5.74, 6) is 1.81. The Morgan fingerprint density at radius 1 is 1.08 bits per heavy atom. The van der Waals surface area contributed by atoms with E-state index in [1.807, 2.05) is 54.6 Å². The molecule has 1 aliphatic rings. The average Bonchev–Trinajstić information content (AvgIpc) is 3.00. The third-order valence-electron chi connectivity index (χ3n) is 5.39. The van der Waals surface area contributed by atoms with Crippen LogP contribution in [0.5, 0.6) is 5.75 Å². The lowest BCUT2D eigenvalue weighted by Crippen LogP contribution is -2.30. The highest BCUT2D eigenvalue weighted by Gasteiger charge is 2.43. The molecule has 0 aliphatic heterocycles. The summed E-state index contributed by atoms with van der Waals surface area (Å²) < 4.78 is 5.88. The van der Waals surface area contributed by atoms with Crippen LogP contribution in [0.3, 0.4) is 0 Å². The molecule has 2 aromatic rings. The highest BCUT2D eigenvalue weighted by molar-refractivity contribution is 5.82. The van der Waals surface area contributed by atoms with Crippen LogP contribution in [0.2, 0.25) is 0 Å². The van der Waals surface area contributed by atoms with E-state index in [4.69, 9.17) is 4.74 Å². The van der Waals surface area contributed by atoms with Crippen molar-refractivity contribution < 1.29 is 9.53 Å². The Morgan fingerprint density at radius 3 is 2.42 bits per heavy atom. The van der Waals surface area contributed by atoms with Gasteiger partial charge in [0.05, 0.1) is 5.41 Å². The number of esters is 1. The summed E-state index contributed by atoms with van der Waals surface area (Å²) in [4.78, 5) is 12.9. The predicted molar refractivity (Wildman–Crippen MR) is 97.8 cm³/mol. The van der Waals surface area contributed by atoms with Crippen molar-refractivity contribution in [2.45, 2.75) is 40.0 Å². The number of hydrogen-bond donors (Lipinski definition) is 0. The van der Waals surface area contributed by atoms with Gasteiger partial charge in [-0.2, -0.15) is 0 Å². The van der Waals surface area contributed by atoms with Crippen molar-refractivity contribution in [3.05, 3.63) is 54.6 Å². The van der Waals surface area contributed by atoms with Gasteiger partial charge in [0, 0.05) is 5.56 Å². The molecule has 1 saturated carbocycles. The fourth-order valence-corrected chi connectivity index (χ4v) is 3.68. The van der Waals surface area contributed by atoms with Gasteiger partial charge in [0.15, 0.2) is 0 Å². The molecule has 0 N–H and O–H groups in total. The predicted octanol–water partition coefficient (Wildman–Crippen LogP) is 5.72. The van der Waals surface area contributed by atoms with Gasteiger partial charge < -0.3 is 4.74 Å². The molecule has 2 atom stereocenters. The maximum absolute atomic E-state index is 12.9. The monoisotopic (exact) mass is 322 g/mol. The first-order valence-corrected chi connectivity index (χ1v) is 8.86. The number of hydrogen-bond acceptors (Lipinski definition) is 2. The van der Waals surface area contributed by atoms with E-state index in [9.17, 15) is 4.79 Å². The number of benzene rings is 2. The molecule has 0 heterocycles. The summed E-state index contributed by atoms with van der Waals surface area (Å²) in [6, 6.07) is 17.9. The number of rotatable bonds is 4. The molecule has 3 rings (SSSR count). The lowest BCUT2D eigenvalue weighted by molar-refractivity contribution is -0.144. The molecule has 0 saturated heterocycles. The number of carbonyl (C=O) groups excluding carboxylic acids is 1. The van der Waals surface area contributed by atoms with Crippen LogP contribution in [0.4, 0.5) is 0 Å². The van der Waals surface area contributed by atoms with Crippen molar-refractivity contribution in [3.63, 3.8) is 0 Å². The molecule has 0 aromatic heterocycles. The Hall–Kier alpha value is -2.09. The zero-order chi connectivity index (χ0) is 17.2. The summed E-state index contributed by atoms with van der Waals surface area (Å²) in [6.07, 6.45) is 2.96. The first kappa shape index (κ1) is 16.8. The lowest BCUT2D eigenvalue weighted by atomic mass is 9.85. The van der Waals surface area contributed by atoms with E-state index in [0.29, 0.717) is 17.6 Å². The number of para-hydroxylation sites is 1. The van der Waals surface area contributed by atoms with Crippen molar-refractivity contribution in [2.24, 2.45) is 17.3 Å². The quantitative estimate of drug-likeness (QED) is 0.531. The van der Waals surface area contributed by atoms with E-state index in [1.165, 1.54) is 0 Å². The first-order valence-electron chi connectivity index (χ1n) is 8.86. The van der Waals surface area contributed by atoms with Gasteiger partial charge in [0.2, 0.25) is 0 Å². The van der Waals surface area contributed by atoms with Crippen LogP contribution >= 0.6 is 0 Å². The van der Waals surface area contributed by atoms with Crippen LogP contribution in [0, 0.1) is 17.3 Å². The highest BCUT2D eigenvalue weighted by Crippen LogP contribution is 2.45. The topological polar surface area (TPSA) is 26.3 Å². The van der Waals surface area contributed by atoms with Gasteiger partial charge in [0.1, 0.15) is 5.75 Å². The number of carbonyl (C=O) groups is 1. The van der Waals surface area contributed by atoms with Gasteiger partial charge in [-0.1, -0.05) is 62.4 Å². The Balaban J connectivity index is 1.81. The number of ether oxygens (including phenoxy) is 1. The third kappa shape index (κ3) is 3.38. The smallest absolute Gasteiger partial charge is 0.317 e. The van der Waals surface area contributed by atoms with Crippen molar-refractivity contribution in [1.29, 1.82) is 0 Å². The SMILES string of the molecule is CC(C)C1CCC(C)(C(=O)Oc2ccccc2-c2ccccc2)C1. The fourth-order valence-electron chi connectivity index (χ4n) is 3.68. The summed E-state index contributed by atoms with van der Waals surface area (Å²) in [5, 5.41) is 0. The summed E-state index contributed by atoms with van der Waals surface area (Å²) in [5.41, 5.74) is 1.67. The normalized spacial score (nSPS) is 23.4. The summed E-state index contributed by atoms with van der Waals surface area (Å²) in [7, 11) is 0. The second kappa shape index (κ2) is 6.80. The fraction of sp³-hybridized carbons (Fsp3) is 0.409. The lowest BCUT2D eigenvalue weighted by Gasteiger charge is -2.23. The van der Waals surface area contributed by atoms with E-state index in [1.54, 1.807) is 0 Å². The minimum atomic E-state index is -0.362. The Labute approximate surface area is 144 Å². The second-order valence-corrected chi connectivity index (χ2v) is 7.56. The molecule has 2 heteroatoms. The van der Waals surface area contributed by atoms with E-state index in [0.717, 1.165) is 30.4 Å². The van der Waals surface area contributed by atoms with Crippen LogP contribution in [0.15, 0.2) is 54.6 Å². The van der Waals surface area contributed by atoms with Gasteiger partial charge in [-0.25, -0.2) is 0 Å². The van der Waals surface area contributed by atoms with Gasteiger partial charge in [-0.05, 0) is 49.7 Å². The van der Waals surface area contributed by atoms with Crippen molar-refractivity contribution >= 4 is 5.97 Å². The average molecular weight is 322 g/mol. The minimum Gasteiger partial charge on any atom is -0.425 e. The Morgan fingerprint density at radius 2 is 1.75 bits per heavy atom. The molecule has 0 bridgehead atoms. The van der Waals surface area contributed by atoms with Crippen LogP contribution in [0.1, 0.15) is 40.0 Å². The van der Waals surface area contributed by atoms with Gasteiger partial charge in [0.25, 0.3) is 0 Å². The Bertz CT molecular complexity index is 705. The molecular weight excluding hydrogens is 296 g/mol. The van der Waals surface area contributed by atoms with E-state index in [2.05, 4.69) is 20.8 Å². The molecule has 0 amide bonds. The maximum Gasteiger partial charge on any atom is 0.317 e. The molecular formula is C22H26O2. The first-order chi connectivity index (χ1) is 11.5. The summed E-state index contributed by atoms with van der Waals surface area (Å²) >= 11 is 0. The van der Waals surface area contributed by atoms with Crippen molar-refractivity contribution in [1.82, 2.24) is 0 Å². The molecule has 126 valence electrons. The molecule has 0 spiro atoms. The van der Waals surface area contributed by atoms with Crippen molar-refractivity contribution in [2.75, 3.05) is 0 Å². The van der Waals surface area contributed by atoms with Crippen LogP contribution in [-0.2, 0) is 4.79 Å². The molecule has 2 unspecified atom stereocenters. The van der Waals surface area contributed by atoms with E-state index >= 15 is 0 Å². The zero-order valence-corrected chi connectivity index (χ0v) is 14.8. The van der Waals surface area contributed by atoms with Crippen LogP contribution in [0.25, 0.3) is 11.1 Å². The summed E-state index contributed by atoms with van der Waals surface area (Å²) in [6.45, 7) is 6.54. The van der Waals surface area contributed by atoms with Gasteiger partial charge in [-0.15, -0.1) is 0 Å². The minimum absolute atomic E-state index is 0.0889. The van der Waals surface area contributed by atoms with Crippen LogP contribution < -0.4 is 4.74 Å². The van der Waals surface area contributed by atoms with E-state index in [-0.39, 0.29) is 11.4 Å². The molecule has 1 aliphatic carbocycles. The standard InChI is InChI=1S/C22H26O2/c1-16(2)18-13-14-22(3,15-18)21(23)24-20-12-8-7-11-19(20)17-9-5-4-6-10-17/h4-12,16,18H,13-15H2,1-3H3. The molecule has 24 heavy (non-hydrogen) atoms. The largest absolute Gasteiger partial charge is 0.425 e. The van der Waals surface area contributed by atoms with Gasteiger partial charge >= 0.3 is 5.97 Å². The molecule has 0 radical (unpaired) electrons. The van der Waals surface area contributed by atoms with Crippen molar-refractivity contribution in [3.8, 4) is 16.9 Å². The highest BCUT2D eigenvalue weighted by atomic mass is 16.5. The maximum atomic E-state index is 12.9. The third-order valence-corrected chi connectivity index (χ3v) is 5.39. The molecule has 2 nitrogen and oxygen atoms in total.